The molecular formula is C15H13F3N6. The summed E-state index contributed by atoms with van der Waals surface area (Å²) in [5.41, 5.74) is 0.951. The van der Waals surface area contributed by atoms with Gasteiger partial charge in [-0.15, -0.1) is 0 Å². The Morgan fingerprint density at radius 1 is 1.08 bits per heavy atom. The monoisotopic (exact) mass is 334 g/mol. The number of anilines is 3. The molecule has 0 unspecified atom stereocenters. The Morgan fingerprint density at radius 3 is 2.50 bits per heavy atom. The van der Waals surface area contributed by atoms with Gasteiger partial charge < -0.3 is 15.6 Å². The SMILES string of the molecule is FC(F)(F)c1ccc(Nc2nc3ncnc(NC4CC4)c3[nH]2)cc1. The van der Waals surface area contributed by atoms with Gasteiger partial charge >= 0.3 is 6.18 Å². The Bertz CT molecular complexity index is 867. The van der Waals surface area contributed by atoms with Gasteiger partial charge in [0.2, 0.25) is 5.95 Å². The summed E-state index contributed by atoms with van der Waals surface area (Å²) in [5.74, 6) is 1.07. The van der Waals surface area contributed by atoms with Gasteiger partial charge in [0.15, 0.2) is 11.5 Å². The average molecular weight is 334 g/mol. The Hall–Kier alpha value is -2.84. The molecule has 0 atom stereocenters. The topological polar surface area (TPSA) is 78.5 Å². The van der Waals surface area contributed by atoms with Crippen LogP contribution in [0.15, 0.2) is 30.6 Å². The summed E-state index contributed by atoms with van der Waals surface area (Å²) in [7, 11) is 0. The average Bonchev–Trinajstić information content (AvgIpc) is 3.25. The number of nitrogens with zero attached hydrogens (tertiary/aromatic N) is 3. The van der Waals surface area contributed by atoms with E-state index in [1.54, 1.807) is 0 Å². The maximum Gasteiger partial charge on any atom is 0.416 e. The summed E-state index contributed by atoms with van der Waals surface area (Å²) in [6, 6.07) is 5.17. The van der Waals surface area contributed by atoms with Gasteiger partial charge in [-0.1, -0.05) is 0 Å². The number of halogens is 3. The van der Waals surface area contributed by atoms with Crippen molar-refractivity contribution in [1.29, 1.82) is 0 Å². The van der Waals surface area contributed by atoms with Gasteiger partial charge in [0.05, 0.1) is 5.56 Å². The van der Waals surface area contributed by atoms with Crippen molar-refractivity contribution >= 4 is 28.6 Å². The maximum absolute atomic E-state index is 12.6. The predicted octanol–water partition coefficient (Wildman–Crippen LogP) is 3.69. The van der Waals surface area contributed by atoms with Gasteiger partial charge in [0.25, 0.3) is 0 Å². The van der Waals surface area contributed by atoms with Gasteiger partial charge in [0, 0.05) is 11.7 Å². The summed E-state index contributed by atoms with van der Waals surface area (Å²) < 4.78 is 37.7. The zero-order valence-corrected chi connectivity index (χ0v) is 12.4. The second-order valence-corrected chi connectivity index (χ2v) is 5.63. The normalized spacial score (nSPS) is 14.8. The van der Waals surface area contributed by atoms with Gasteiger partial charge in [0.1, 0.15) is 11.8 Å². The number of alkyl halides is 3. The third kappa shape index (κ3) is 2.97. The summed E-state index contributed by atoms with van der Waals surface area (Å²) in [4.78, 5) is 15.6. The highest BCUT2D eigenvalue weighted by Crippen LogP contribution is 2.31. The summed E-state index contributed by atoms with van der Waals surface area (Å²) in [5, 5.41) is 6.22. The molecule has 6 nitrogen and oxygen atoms in total. The maximum atomic E-state index is 12.6. The minimum Gasteiger partial charge on any atom is -0.365 e. The lowest BCUT2D eigenvalue weighted by atomic mass is 10.2. The Morgan fingerprint density at radius 2 is 1.83 bits per heavy atom. The molecule has 0 radical (unpaired) electrons. The van der Waals surface area contributed by atoms with E-state index in [1.807, 2.05) is 0 Å². The molecule has 124 valence electrons. The first-order chi connectivity index (χ1) is 11.5. The summed E-state index contributed by atoms with van der Waals surface area (Å²) >= 11 is 0. The van der Waals surface area contributed by atoms with Crippen molar-refractivity contribution in [2.45, 2.75) is 25.1 Å². The van der Waals surface area contributed by atoms with Crippen LogP contribution in [0.25, 0.3) is 11.2 Å². The zero-order valence-electron chi connectivity index (χ0n) is 12.4. The quantitative estimate of drug-likeness (QED) is 0.678. The largest absolute Gasteiger partial charge is 0.416 e. The van der Waals surface area contributed by atoms with Crippen LogP contribution >= 0.6 is 0 Å². The molecule has 3 aromatic rings. The predicted molar refractivity (Wildman–Crippen MR) is 83.1 cm³/mol. The van der Waals surface area contributed by atoms with Crippen LogP contribution in [0.2, 0.25) is 0 Å². The molecule has 1 aliphatic carbocycles. The molecule has 0 spiro atoms. The van der Waals surface area contributed by atoms with E-state index in [9.17, 15) is 13.2 Å². The number of nitrogens with one attached hydrogen (secondary N) is 3. The smallest absolute Gasteiger partial charge is 0.365 e. The van der Waals surface area contributed by atoms with Crippen molar-refractivity contribution in [3.8, 4) is 0 Å². The van der Waals surface area contributed by atoms with E-state index >= 15 is 0 Å². The van der Waals surface area contributed by atoms with E-state index in [2.05, 4.69) is 30.6 Å². The van der Waals surface area contributed by atoms with Gasteiger partial charge in [-0.05, 0) is 37.1 Å². The van der Waals surface area contributed by atoms with Crippen LogP contribution in [0.1, 0.15) is 18.4 Å². The highest BCUT2D eigenvalue weighted by Gasteiger charge is 2.30. The number of hydrogen-bond acceptors (Lipinski definition) is 5. The lowest BCUT2D eigenvalue weighted by Gasteiger charge is -2.07. The minimum absolute atomic E-state index is 0.393. The first-order valence-electron chi connectivity index (χ1n) is 7.40. The summed E-state index contributed by atoms with van der Waals surface area (Å²) in [6.45, 7) is 0. The van der Waals surface area contributed by atoms with Crippen LogP contribution in [0.3, 0.4) is 0 Å². The molecule has 2 heterocycles. The Kier molecular flexibility index (Phi) is 3.29. The number of hydrogen-bond donors (Lipinski definition) is 3. The fourth-order valence-corrected chi connectivity index (χ4v) is 2.30. The van der Waals surface area contributed by atoms with Crippen molar-refractivity contribution in [2.24, 2.45) is 0 Å². The molecule has 0 amide bonds. The molecule has 9 heteroatoms. The third-order valence-corrected chi connectivity index (χ3v) is 3.68. The van der Waals surface area contributed by atoms with Crippen molar-refractivity contribution in [3.63, 3.8) is 0 Å². The second kappa shape index (κ2) is 5.36. The third-order valence-electron chi connectivity index (χ3n) is 3.68. The fourth-order valence-electron chi connectivity index (χ4n) is 2.30. The van der Waals surface area contributed by atoms with Crippen molar-refractivity contribution in [2.75, 3.05) is 10.6 Å². The number of benzene rings is 1. The lowest BCUT2D eigenvalue weighted by Crippen LogP contribution is -2.04. The number of aromatic nitrogens is 4. The molecule has 0 saturated heterocycles. The van der Waals surface area contributed by atoms with E-state index < -0.39 is 11.7 Å². The first kappa shape index (κ1) is 14.7. The number of rotatable bonds is 4. The lowest BCUT2D eigenvalue weighted by molar-refractivity contribution is -0.137. The number of aromatic amines is 1. The standard InChI is InChI=1S/C15H13F3N6/c16-15(17,18)8-1-3-10(4-2-8)22-14-23-11-12(21-9-5-6-9)19-7-20-13(11)24-14/h1-4,7,9H,5-6H2,(H3,19,20,21,22,23,24). The minimum atomic E-state index is -4.35. The van der Waals surface area contributed by atoms with Crippen LogP contribution < -0.4 is 10.6 Å². The number of fused-ring (bicyclic) bond motifs is 1. The van der Waals surface area contributed by atoms with Gasteiger partial charge in [-0.2, -0.15) is 18.2 Å². The van der Waals surface area contributed by atoms with Crippen LogP contribution in [-0.2, 0) is 6.18 Å². The molecule has 4 rings (SSSR count). The molecule has 0 bridgehead atoms. The molecule has 1 aromatic carbocycles. The van der Waals surface area contributed by atoms with Crippen molar-refractivity contribution in [1.82, 2.24) is 19.9 Å². The van der Waals surface area contributed by atoms with Gasteiger partial charge in [-0.25, -0.2) is 9.97 Å². The second-order valence-electron chi connectivity index (χ2n) is 5.63. The van der Waals surface area contributed by atoms with Gasteiger partial charge in [-0.3, -0.25) is 0 Å². The van der Waals surface area contributed by atoms with E-state index in [0.717, 1.165) is 25.0 Å². The fraction of sp³-hybridized carbons (Fsp3) is 0.267. The molecular weight excluding hydrogens is 321 g/mol. The highest BCUT2D eigenvalue weighted by molar-refractivity contribution is 5.85. The molecule has 1 saturated carbocycles. The Balaban J connectivity index is 1.58. The summed E-state index contributed by atoms with van der Waals surface area (Å²) in [6.07, 6.45) is -0.709. The molecule has 24 heavy (non-hydrogen) atoms. The van der Waals surface area contributed by atoms with Crippen LogP contribution in [0.5, 0.6) is 0 Å². The molecule has 3 N–H and O–H groups in total. The van der Waals surface area contributed by atoms with Crippen LogP contribution in [-0.4, -0.2) is 26.0 Å². The van der Waals surface area contributed by atoms with Crippen LogP contribution in [0, 0.1) is 0 Å². The molecule has 0 aliphatic heterocycles. The van der Waals surface area contributed by atoms with Crippen LogP contribution in [0.4, 0.5) is 30.6 Å². The molecule has 1 fully saturated rings. The molecule has 2 aromatic heterocycles. The van der Waals surface area contributed by atoms with E-state index in [1.165, 1.54) is 18.5 Å². The molecule has 1 aliphatic rings. The van der Waals surface area contributed by atoms with Crippen molar-refractivity contribution < 1.29 is 13.2 Å². The highest BCUT2D eigenvalue weighted by atomic mass is 19.4. The van der Waals surface area contributed by atoms with Crippen molar-refractivity contribution in [3.05, 3.63) is 36.2 Å². The van der Waals surface area contributed by atoms with E-state index in [0.29, 0.717) is 34.7 Å². The first-order valence-corrected chi connectivity index (χ1v) is 7.40. The van der Waals surface area contributed by atoms with E-state index in [4.69, 9.17) is 0 Å². The zero-order chi connectivity index (χ0) is 16.7. The number of imidazole rings is 1. The van der Waals surface area contributed by atoms with E-state index in [-0.39, 0.29) is 0 Å². The Labute approximate surface area is 134 Å². The number of H-pyrrole nitrogens is 1.